The average Bonchev–Trinajstić information content (AvgIpc) is 2.40. The summed E-state index contributed by atoms with van der Waals surface area (Å²) in [5.74, 6) is -1.78. The molecule has 2 rings (SSSR count). The number of aromatic hydroxyl groups is 1. The Morgan fingerprint density at radius 3 is 2.40 bits per heavy atom. The quantitative estimate of drug-likeness (QED) is 0.896. The van der Waals surface area contributed by atoms with Crippen molar-refractivity contribution in [2.45, 2.75) is 19.5 Å². The monoisotopic (exact) mass is 281 g/mol. The Kier molecular flexibility index (Phi) is 4.29. The van der Waals surface area contributed by atoms with Crippen LogP contribution in [0.1, 0.15) is 24.1 Å². The topological polar surface area (TPSA) is 32.3 Å². The molecule has 0 aliphatic heterocycles. The lowest BCUT2D eigenvalue weighted by Crippen LogP contribution is -2.19. The fourth-order valence-corrected chi connectivity index (χ4v) is 1.91. The summed E-state index contributed by atoms with van der Waals surface area (Å²) in [4.78, 5) is 0. The molecule has 0 aliphatic rings. The maximum Gasteiger partial charge on any atom is 0.130 e. The predicted molar refractivity (Wildman–Crippen MR) is 69.7 cm³/mol. The summed E-state index contributed by atoms with van der Waals surface area (Å²) in [7, 11) is 0. The molecule has 1 atom stereocenters. The molecule has 0 fully saturated rings. The van der Waals surface area contributed by atoms with Crippen LogP contribution in [0.15, 0.2) is 36.4 Å². The van der Waals surface area contributed by atoms with E-state index in [1.165, 1.54) is 24.3 Å². The van der Waals surface area contributed by atoms with Gasteiger partial charge in [-0.2, -0.15) is 0 Å². The zero-order valence-corrected chi connectivity index (χ0v) is 10.8. The Morgan fingerprint density at radius 1 is 1.05 bits per heavy atom. The smallest absolute Gasteiger partial charge is 0.130 e. The van der Waals surface area contributed by atoms with Crippen molar-refractivity contribution in [1.29, 1.82) is 0 Å². The highest BCUT2D eigenvalue weighted by atomic mass is 19.1. The molecule has 0 aliphatic carbocycles. The molecule has 2 nitrogen and oxygen atoms in total. The highest BCUT2D eigenvalue weighted by Crippen LogP contribution is 2.25. The van der Waals surface area contributed by atoms with E-state index in [1.54, 1.807) is 6.92 Å². The summed E-state index contributed by atoms with van der Waals surface area (Å²) in [5, 5.41) is 12.6. The van der Waals surface area contributed by atoms with Gasteiger partial charge in [-0.25, -0.2) is 13.2 Å². The second-order valence-electron chi connectivity index (χ2n) is 4.54. The molecule has 106 valence electrons. The Bertz CT molecular complexity index is 616. The zero-order chi connectivity index (χ0) is 14.7. The maximum atomic E-state index is 13.5. The summed E-state index contributed by atoms with van der Waals surface area (Å²) >= 11 is 0. The Hall–Kier alpha value is -2.01. The van der Waals surface area contributed by atoms with Crippen LogP contribution >= 0.6 is 0 Å². The molecule has 2 N–H and O–H groups in total. The summed E-state index contributed by atoms with van der Waals surface area (Å²) in [6, 6.07) is 6.58. The minimum absolute atomic E-state index is 0.0361. The van der Waals surface area contributed by atoms with Crippen LogP contribution in [0, 0.1) is 17.5 Å². The van der Waals surface area contributed by atoms with Crippen LogP contribution < -0.4 is 5.32 Å². The van der Waals surface area contributed by atoms with Crippen LogP contribution in [-0.2, 0) is 6.54 Å². The summed E-state index contributed by atoms with van der Waals surface area (Å²) in [6.07, 6.45) is 0. The number of phenolic OH excluding ortho intramolecular Hbond substituents is 1. The van der Waals surface area contributed by atoms with Crippen molar-refractivity contribution in [2.75, 3.05) is 0 Å². The molecule has 1 unspecified atom stereocenters. The normalized spacial score (nSPS) is 12.4. The molecule has 0 saturated heterocycles. The molecule has 0 radical (unpaired) electrons. The van der Waals surface area contributed by atoms with Gasteiger partial charge in [-0.3, -0.25) is 0 Å². The lowest BCUT2D eigenvalue weighted by atomic mass is 10.1. The summed E-state index contributed by atoms with van der Waals surface area (Å²) in [6.45, 7) is 1.86. The Balaban J connectivity index is 2.08. The molecule has 20 heavy (non-hydrogen) atoms. The fraction of sp³-hybridized carbons (Fsp3) is 0.200. The molecule has 0 amide bonds. The Labute approximate surface area is 114 Å². The number of phenols is 1. The van der Waals surface area contributed by atoms with Crippen molar-refractivity contribution in [3.8, 4) is 5.75 Å². The maximum absolute atomic E-state index is 13.5. The van der Waals surface area contributed by atoms with Gasteiger partial charge in [-0.1, -0.05) is 6.07 Å². The highest BCUT2D eigenvalue weighted by molar-refractivity contribution is 5.35. The van der Waals surface area contributed by atoms with E-state index in [-0.39, 0.29) is 18.3 Å². The van der Waals surface area contributed by atoms with Crippen molar-refractivity contribution >= 4 is 0 Å². The van der Waals surface area contributed by atoms with Crippen molar-refractivity contribution in [1.82, 2.24) is 5.32 Å². The van der Waals surface area contributed by atoms with Gasteiger partial charge in [0.2, 0.25) is 0 Å². The van der Waals surface area contributed by atoms with Crippen LogP contribution in [-0.4, -0.2) is 5.11 Å². The van der Waals surface area contributed by atoms with E-state index >= 15 is 0 Å². The van der Waals surface area contributed by atoms with Gasteiger partial charge < -0.3 is 10.4 Å². The van der Waals surface area contributed by atoms with Gasteiger partial charge in [-0.05, 0) is 31.2 Å². The van der Waals surface area contributed by atoms with Crippen LogP contribution in [0.3, 0.4) is 0 Å². The van der Waals surface area contributed by atoms with Crippen molar-refractivity contribution < 1.29 is 18.3 Å². The van der Waals surface area contributed by atoms with E-state index in [9.17, 15) is 18.3 Å². The van der Waals surface area contributed by atoms with Gasteiger partial charge in [0.1, 0.15) is 23.2 Å². The van der Waals surface area contributed by atoms with Gasteiger partial charge in [0.25, 0.3) is 0 Å². The van der Waals surface area contributed by atoms with Crippen LogP contribution in [0.5, 0.6) is 5.75 Å². The zero-order valence-electron chi connectivity index (χ0n) is 10.8. The second-order valence-corrected chi connectivity index (χ2v) is 4.54. The molecule has 2 aromatic rings. The lowest BCUT2D eigenvalue weighted by molar-refractivity contribution is 0.447. The molecular formula is C15H14F3NO. The molecular weight excluding hydrogens is 267 g/mol. The van der Waals surface area contributed by atoms with E-state index in [0.29, 0.717) is 11.1 Å². The first-order valence-electron chi connectivity index (χ1n) is 6.13. The van der Waals surface area contributed by atoms with Crippen LogP contribution in [0.2, 0.25) is 0 Å². The predicted octanol–water partition coefficient (Wildman–Crippen LogP) is 3.66. The number of halogens is 3. The van der Waals surface area contributed by atoms with E-state index < -0.39 is 17.5 Å². The molecule has 2 aromatic carbocycles. The molecule has 0 saturated carbocycles. The van der Waals surface area contributed by atoms with Gasteiger partial charge in [0.15, 0.2) is 0 Å². The van der Waals surface area contributed by atoms with E-state index in [0.717, 1.165) is 12.1 Å². The molecule has 0 heterocycles. The van der Waals surface area contributed by atoms with E-state index in [2.05, 4.69) is 5.32 Å². The minimum atomic E-state index is -0.645. The molecule has 0 bridgehead atoms. The number of nitrogens with one attached hydrogen (secondary N) is 1. The minimum Gasteiger partial charge on any atom is -0.508 e. The lowest BCUT2D eigenvalue weighted by Gasteiger charge is -2.16. The molecule has 0 spiro atoms. The van der Waals surface area contributed by atoms with Crippen LogP contribution in [0.4, 0.5) is 13.2 Å². The second kappa shape index (κ2) is 5.96. The third-order valence-electron chi connectivity index (χ3n) is 3.07. The number of hydrogen-bond acceptors (Lipinski definition) is 2. The third-order valence-corrected chi connectivity index (χ3v) is 3.07. The first-order chi connectivity index (χ1) is 9.47. The van der Waals surface area contributed by atoms with Crippen LogP contribution in [0.25, 0.3) is 0 Å². The largest absolute Gasteiger partial charge is 0.508 e. The molecule has 5 heteroatoms. The third kappa shape index (κ3) is 3.30. The Morgan fingerprint density at radius 2 is 1.70 bits per heavy atom. The van der Waals surface area contributed by atoms with Gasteiger partial charge in [0.05, 0.1) is 0 Å². The van der Waals surface area contributed by atoms with Gasteiger partial charge >= 0.3 is 0 Å². The van der Waals surface area contributed by atoms with Crippen molar-refractivity contribution in [3.05, 3.63) is 65.0 Å². The van der Waals surface area contributed by atoms with Gasteiger partial charge in [-0.15, -0.1) is 0 Å². The number of hydrogen-bond donors (Lipinski definition) is 2. The van der Waals surface area contributed by atoms with Crippen molar-refractivity contribution in [2.24, 2.45) is 0 Å². The van der Waals surface area contributed by atoms with Crippen molar-refractivity contribution in [3.63, 3.8) is 0 Å². The molecule has 0 aromatic heterocycles. The first-order valence-corrected chi connectivity index (χ1v) is 6.13. The van der Waals surface area contributed by atoms with Gasteiger partial charge in [0, 0.05) is 29.8 Å². The van der Waals surface area contributed by atoms with E-state index in [1.807, 2.05) is 0 Å². The standard InChI is InChI=1S/C15H14F3NO/c1-9(13-6-11(16)4-5-15(13)20)19-8-10-2-3-12(17)7-14(10)18/h2-7,9,19-20H,8H2,1H3. The number of benzene rings is 2. The number of rotatable bonds is 4. The SMILES string of the molecule is CC(NCc1ccc(F)cc1F)c1cc(F)ccc1O. The average molecular weight is 281 g/mol. The fourth-order valence-electron chi connectivity index (χ4n) is 1.91. The summed E-state index contributed by atoms with van der Waals surface area (Å²) in [5.41, 5.74) is 0.682. The highest BCUT2D eigenvalue weighted by Gasteiger charge is 2.12. The first kappa shape index (κ1) is 14.4. The summed E-state index contributed by atoms with van der Waals surface area (Å²) < 4.78 is 39.4. The van der Waals surface area contributed by atoms with E-state index in [4.69, 9.17) is 0 Å².